The fourth-order valence-corrected chi connectivity index (χ4v) is 4.05. The Morgan fingerprint density at radius 1 is 0.722 bits per heavy atom. The molecule has 0 spiro atoms. The van der Waals surface area contributed by atoms with Crippen molar-refractivity contribution < 1.29 is 0 Å². The molecule has 0 aliphatic heterocycles. The van der Waals surface area contributed by atoms with E-state index in [0.717, 1.165) is 0 Å². The summed E-state index contributed by atoms with van der Waals surface area (Å²) in [5.41, 5.74) is 1.33. The minimum atomic E-state index is 0.383. The van der Waals surface area contributed by atoms with Crippen LogP contribution >= 0.6 is 0 Å². The average molecular weight is 297 g/mol. The van der Waals surface area contributed by atoms with Crippen LogP contribution in [-0.4, -0.2) is 15.0 Å². The van der Waals surface area contributed by atoms with Gasteiger partial charge in [-0.05, 0) is 0 Å². The van der Waals surface area contributed by atoms with E-state index in [4.69, 9.17) is 0 Å². The summed E-state index contributed by atoms with van der Waals surface area (Å²) in [5.74, 6) is 0. The zero-order chi connectivity index (χ0) is 12.4. The van der Waals surface area contributed by atoms with Crippen LogP contribution in [0.3, 0.4) is 0 Å². The van der Waals surface area contributed by atoms with E-state index in [1.165, 1.54) is 25.3 Å². The van der Waals surface area contributed by atoms with Crippen LogP contribution in [0.25, 0.3) is 10.8 Å². The zero-order valence-corrected chi connectivity index (χ0v) is 12.0. The third-order valence-corrected chi connectivity index (χ3v) is 5.27. The van der Waals surface area contributed by atoms with E-state index in [1.807, 2.05) is 0 Å². The Kier molecular flexibility index (Phi) is 3.18. The molecule has 0 N–H and O–H groups in total. The summed E-state index contributed by atoms with van der Waals surface area (Å²) < 4.78 is 2.90. The fourth-order valence-electron chi connectivity index (χ4n) is 2.02. The average Bonchev–Trinajstić information content (AvgIpc) is 2.42. The van der Waals surface area contributed by atoms with Crippen molar-refractivity contribution in [3.63, 3.8) is 0 Å². The molecule has 3 rings (SSSR count). The fraction of sp³-hybridized carbons (Fsp3) is 0.0588. The monoisotopic (exact) mass is 298 g/mol. The van der Waals surface area contributed by atoms with Crippen LogP contribution in [-0.2, 0) is 0 Å². The van der Waals surface area contributed by atoms with Gasteiger partial charge in [0, 0.05) is 0 Å². The van der Waals surface area contributed by atoms with Crippen molar-refractivity contribution in [3.05, 3.63) is 72.3 Å². The third-order valence-electron chi connectivity index (χ3n) is 3.00. The van der Waals surface area contributed by atoms with Crippen molar-refractivity contribution in [3.8, 4) is 0 Å². The van der Waals surface area contributed by atoms with E-state index in [1.54, 1.807) is 0 Å². The molecule has 0 nitrogen and oxygen atoms in total. The number of hydrogen-bond acceptors (Lipinski definition) is 0. The van der Waals surface area contributed by atoms with E-state index in [0.29, 0.717) is 15.0 Å². The second-order valence-electron chi connectivity index (χ2n) is 4.39. The number of fused-ring (bicyclic) bond motifs is 1. The Morgan fingerprint density at radius 3 is 2.28 bits per heavy atom. The maximum absolute atomic E-state index is 2.25. The molecule has 0 fully saturated rings. The summed E-state index contributed by atoms with van der Waals surface area (Å²) in [7, 11) is 0. The SMILES string of the molecule is Cc1ccc([Se]c2cccc3ccccc23)cc1. The molecule has 3 aromatic carbocycles. The van der Waals surface area contributed by atoms with Crippen LogP contribution in [0.2, 0.25) is 0 Å². The van der Waals surface area contributed by atoms with Crippen molar-refractivity contribution in [2.75, 3.05) is 0 Å². The van der Waals surface area contributed by atoms with E-state index in [2.05, 4.69) is 73.7 Å². The van der Waals surface area contributed by atoms with Crippen LogP contribution in [0.1, 0.15) is 5.56 Å². The molecule has 18 heavy (non-hydrogen) atoms. The molecule has 0 heterocycles. The number of rotatable bonds is 2. The summed E-state index contributed by atoms with van der Waals surface area (Å²) in [6, 6.07) is 24.1. The van der Waals surface area contributed by atoms with Crippen molar-refractivity contribution in [1.29, 1.82) is 0 Å². The summed E-state index contributed by atoms with van der Waals surface area (Å²) >= 11 is 0.383. The third kappa shape index (κ3) is 2.33. The van der Waals surface area contributed by atoms with Crippen molar-refractivity contribution in [1.82, 2.24) is 0 Å². The topological polar surface area (TPSA) is 0 Å². The van der Waals surface area contributed by atoms with Gasteiger partial charge < -0.3 is 0 Å². The molecule has 0 saturated carbocycles. The van der Waals surface area contributed by atoms with Gasteiger partial charge in [-0.3, -0.25) is 0 Å². The molecule has 0 unspecified atom stereocenters. The van der Waals surface area contributed by atoms with Crippen LogP contribution in [0.5, 0.6) is 0 Å². The second-order valence-corrected chi connectivity index (χ2v) is 6.73. The minimum absolute atomic E-state index is 0.383. The van der Waals surface area contributed by atoms with Gasteiger partial charge in [0.15, 0.2) is 0 Å². The molecule has 0 aliphatic rings. The molecular weight excluding hydrogens is 283 g/mol. The van der Waals surface area contributed by atoms with Gasteiger partial charge in [-0.15, -0.1) is 0 Å². The van der Waals surface area contributed by atoms with Crippen LogP contribution in [0.4, 0.5) is 0 Å². The summed E-state index contributed by atoms with van der Waals surface area (Å²) in [6.45, 7) is 2.13. The first-order valence-corrected chi connectivity index (χ1v) is 7.76. The quantitative estimate of drug-likeness (QED) is 0.638. The predicted molar refractivity (Wildman–Crippen MR) is 80.1 cm³/mol. The van der Waals surface area contributed by atoms with Crippen molar-refractivity contribution in [2.45, 2.75) is 6.92 Å². The van der Waals surface area contributed by atoms with Gasteiger partial charge in [-0.1, -0.05) is 0 Å². The van der Waals surface area contributed by atoms with E-state index in [-0.39, 0.29) is 0 Å². The van der Waals surface area contributed by atoms with Gasteiger partial charge in [-0.2, -0.15) is 0 Å². The van der Waals surface area contributed by atoms with Crippen molar-refractivity contribution >= 4 is 34.7 Å². The molecule has 0 aromatic heterocycles. The van der Waals surface area contributed by atoms with Gasteiger partial charge >= 0.3 is 114 Å². The first-order chi connectivity index (χ1) is 8.83. The molecule has 0 amide bonds. The Morgan fingerprint density at radius 2 is 1.44 bits per heavy atom. The standard InChI is InChI=1S/C17H14Se/c1-13-9-11-15(12-10-13)18-17-8-4-6-14-5-2-3-7-16(14)17/h2-12H,1H3. The predicted octanol–water partition coefficient (Wildman–Crippen LogP) is 2.80. The molecule has 1 heteroatoms. The summed E-state index contributed by atoms with van der Waals surface area (Å²) in [4.78, 5) is 0. The van der Waals surface area contributed by atoms with Crippen LogP contribution in [0.15, 0.2) is 66.7 Å². The zero-order valence-electron chi connectivity index (χ0n) is 10.3. The number of aryl methyl sites for hydroxylation is 1. The first-order valence-electron chi connectivity index (χ1n) is 6.05. The number of benzene rings is 3. The van der Waals surface area contributed by atoms with Crippen LogP contribution in [0, 0.1) is 6.92 Å². The van der Waals surface area contributed by atoms with E-state index < -0.39 is 0 Å². The molecular formula is C17H14Se. The summed E-state index contributed by atoms with van der Waals surface area (Å²) in [5, 5.41) is 2.73. The molecule has 0 atom stereocenters. The van der Waals surface area contributed by atoms with Crippen molar-refractivity contribution in [2.24, 2.45) is 0 Å². The maximum atomic E-state index is 2.25. The Balaban J connectivity index is 2.02. The Labute approximate surface area is 114 Å². The Hall–Kier alpha value is -1.56. The molecule has 3 aromatic rings. The van der Waals surface area contributed by atoms with Gasteiger partial charge in [0.1, 0.15) is 0 Å². The normalized spacial score (nSPS) is 10.7. The number of hydrogen-bond donors (Lipinski definition) is 0. The van der Waals surface area contributed by atoms with Gasteiger partial charge in [0.25, 0.3) is 0 Å². The molecule has 0 aliphatic carbocycles. The first kappa shape index (κ1) is 11.5. The van der Waals surface area contributed by atoms with E-state index >= 15 is 0 Å². The van der Waals surface area contributed by atoms with Crippen LogP contribution < -0.4 is 8.92 Å². The molecule has 0 saturated heterocycles. The van der Waals surface area contributed by atoms with Gasteiger partial charge in [-0.25, -0.2) is 0 Å². The van der Waals surface area contributed by atoms with E-state index in [9.17, 15) is 0 Å². The molecule has 88 valence electrons. The van der Waals surface area contributed by atoms with Gasteiger partial charge in [0.05, 0.1) is 0 Å². The second kappa shape index (κ2) is 4.97. The Bertz CT molecular complexity index is 663. The molecule has 0 bridgehead atoms. The van der Waals surface area contributed by atoms with Gasteiger partial charge in [0.2, 0.25) is 0 Å². The molecule has 0 radical (unpaired) electrons. The summed E-state index contributed by atoms with van der Waals surface area (Å²) in [6.07, 6.45) is 0.